The molecule has 0 unspecified atom stereocenters. The number of nitrogens with one attached hydrogen (secondary N) is 2. The number of halogens is 2. The topological polar surface area (TPSA) is 39.7 Å². The minimum Gasteiger partial charge on any atom is -0.357 e. The van der Waals surface area contributed by atoms with Gasteiger partial charge in [-0.1, -0.05) is 19.1 Å². The summed E-state index contributed by atoms with van der Waals surface area (Å²) in [5.41, 5.74) is 1.11. The number of benzene rings is 1. The number of guanidine groups is 1. The van der Waals surface area contributed by atoms with Crippen LogP contribution in [0.15, 0.2) is 29.3 Å². The van der Waals surface area contributed by atoms with Crippen LogP contribution in [0, 0.1) is 5.82 Å². The zero-order valence-electron chi connectivity index (χ0n) is 15.4. The Morgan fingerprint density at radius 1 is 1.20 bits per heavy atom. The maximum atomic E-state index is 12.9. The molecule has 4 nitrogen and oxygen atoms in total. The predicted molar refractivity (Wildman–Crippen MR) is 114 cm³/mol. The number of rotatable bonds is 7. The molecule has 1 aliphatic heterocycles. The van der Waals surface area contributed by atoms with Gasteiger partial charge in [0.1, 0.15) is 5.82 Å². The molecule has 1 aromatic rings. The third-order valence-corrected chi connectivity index (χ3v) is 4.40. The number of piperidine rings is 1. The Kier molecular flexibility index (Phi) is 11.0. The monoisotopic (exact) mass is 462 g/mol. The van der Waals surface area contributed by atoms with Gasteiger partial charge in [-0.2, -0.15) is 0 Å². The summed E-state index contributed by atoms with van der Waals surface area (Å²) in [4.78, 5) is 7.21. The lowest BCUT2D eigenvalue weighted by atomic mass is 10.1. The van der Waals surface area contributed by atoms with E-state index in [1.807, 2.05) is 12.1 Å². The van der Waals surface area contributed by atoms with Gasteiger partial charge in [-0.3, -0.25) is 4.99 Å². The second-order valence-corrected chi connectivity index (χ2v) is 6.40. The van der Waals surface area contributed by atoms with Crippen molar-refractivity contribution in [3.8, 4) is 0 Å². The van der Waals surface area contributed by atoms with E-state index in [-0.39, 0.29) is 29.8 Å². The largest absolute Gasteiger partial charge is 0.357 e. The Bertz CT molecular complexity index is 499. The Morgan fingerprint density at radius 2 is 1.88 bits per heavy atom. The minimum absolute atomic E-state index is 0. The van der Waals surface area contributed by atoms with Gasteiger partial charge in [-0.25, -0.2) is 4.39 Å². The van der Waals surface area contributed by atoms with Crippen LogP contribution in [0.25, 0.3) is 0 Å². The average molecular weight is 462 g/mol. The van der Waals surface area contributed by atoms with E-state index in [2.05, 4.69) is 34.4 Å². The van der Waals surface area contributed by atoms with Crippen molar-refractivity contribution >= 4 is 29.9 Å². The van der Waals surface area contributed by atoms with Gasteiger partial charge in [0, 0.05) is 32.2 Å². The lowest BCUT2D eigenvalue weighted by molar-refractivity contribution is 0.206. The first kappa shape index (κ1) is 22.2. The van der Waals surface area contributed by atoms with Gasteiger partial charge in [0.2, 0.25) is 0 Å². The van der Waals surface area contributed by atoms with Crippen LogP contribution in [0.4, 0.5) is 4.39 Å². The van der Waals surface area contributed by atoms with Crippen LogP contribution in [0.1, 0.15) is 38.7 Å². The molecule has 2 rings (SSSR count). The molecule has 1 aromatic carbocycles. The van der Waals surface area contributed by atoms with Crippen molar-refractivity contribution in [1.82, 2.24) is 15.5 Å². The van der Waals surface area contributed by atoms with Crippen LogP contribution < -0.4 is 10.6 Å². The van der Waals surface area contributed by atoms with E-state index in [0.717, 1.165) is 24.5 Å². The van der Waals surface area contributed by atoms with E-state index in [4.69, 9.17) is 0 Å². The van der Waals surface area contributed by atoms with Crippen molar-refractivity contribution < 1.29 is 4.39 Å². The Labute approximate surface area is 168 Å². The molecule has 25 heavy (non-hydrogen) atoms. The van der Waals surface area contributed by atoms with Gasteiger partial charge in [-0.15, -0.1) is 24.0 Å². The molecule has 0 aromatic heterocycles. The molecule has 0 bridgehead atoms. The summed E-state index contributed by atoms with van der Waals surface area (Å²) in [7, 11) is 0. The minimum atomic E-state index is -0.188. The summed E-state index contributed by atoms with van der Waals surface area (Å²) in [6.45, 7) is 9.43. The normalized spacial score (nSPS) is 16.4. The van der Waals surface area contributed by atoms with Crippen molar-refractivity contribution in [3.05, 3.63) is 35.6 Å². The number of nitrogens with zero attached hydrogens (tertiary/aromatic N) is 2. The van der Waals surface area contributed by atoms with Crippen molar-refractivity contribution in [1.29, 1.82) is 0 Å². The molecule has 6 heteroatoms. The van der Waals surface area contributed by atoms with E-state index in [1.54, 1.807) is 0 Å². The number of hydrogen-bond donors (Lipinski definition) is 2. The van der Waals surface area contributed by atoms with Gasteiger partial charge in [0.15, 0.2) is 5.96 Å². The highest BCUT2D eigenvalue weighted by Crippen LogP contribution is 2.10. The van der Waals surface area contributed by atoms with E-state index >= 15 is 0 Å². The third kappa shape index (κ3) is 8.35. The van der Waals surface area contributed by atoms with Crippen LogP contribution in [0.5, 0.6) is 0 Å². The fourth-order valence-electron chi connectivity index (χ4n) is 3.08. The summed E-state index contributed by atoms with van der Waals surface area (Å²) >= 11 is 0. The molecule has 0 spiro atoms. The summed E-state index contributed by atoms with van der Waals surface area (Å²) in [5, 5.41) is 6.89. The summed E-state index contributed by atoms with van der Waals surface area (Å²) in [6.07, 6.45) is 4.39. The predicted octanol–water partition coefficient (Wildman–Crippen LogP) is 3.42. The number of aliphatic imine (C=N–C) groups is 1. The van der Waals surface area contributed by atoms with Crippen molar-refractivity contribution in [2.75, 3.05) is 32.7 Å². The van der Waals surface area contributed by atoms with Gasteiger partial charge in [-0.05, 0) is 56.8 Å². The molecule has 142 valence electrons. The smallest absolute Gasteiger partial charge is 0.191 e. The van der Waals surface area contributed by atoms with Gasteiger partial charge in [0.25, 0.3) is 0 Å². The Hall–Kier alpha value is -0.890. The highest BCUT2D eigenvalue weighted by molar-refractivity contribution is 14.0. The molecule has 2 N–H and O–H groups in total. The quantitative estimate of drug-likeness (QED) is 0.371. The molecule has 1 saturated heterocycles. The SMILES string of the molecule is CCCN1CCC(NC(=NCCc2ccc(F)cc2)NCC)CC1.I. The third-order valence-electron chi connectivity index (χ3n) is 4.40. The van der Waals surface area contributed by atoms with E-state index in [1.165, 1.54) is 51.0 Å². The van der Waals surface area contributed by atoms with E-state index in [9.17, 15) is 4.39 Å². The summed E-state index contributed by atoms with van der Waals surface area (Å²) < 4.78 is 12.9. The molecule has 1 fully saturated rings. The fourth-order valence-corrected chi connectivity index (χ4v) is 3.08. The van der Waals surface area contributed by atoms with Crippen molar-refractivity contribution in [3.63, 3.8) is 0 Å². The molecule has 0 aliphatic carbocycles. The van der Waals surface area contributed by atoms with Crippen molar-refractivity contribution in [2.24, 2.45) is 4.99 Å². The molecule has 0 atom stereocenters. The molecular weight excluding hydrogens is 430 g/mol. The average Bonchev–Trinajstić information content (AvgIpc) is 2.59. The summed E-state index contributed by atoms with van der Waals surface area (Å²) in [6, 6.07) is 7.17. The molecule has 0 amide bonds. The van der Waals surface area contributed by atoms with Crippen LogP contribution in [-0.4, -0.2) is 49.6 Å². The lowest BCUT2D eigenvalue weighted by Crippen LogP contribution is -2.48. The Morgan fingerprint density at radius 3 is 2.48 bits per heavy atom. The van der Waals surface area contributed by atoms with Gasteiger partial charge >= 0.3 is 0 Å². The van der Waals surface area contributed by atoms with Crippen LogP contribution in [0.3, 0.4) is 0 Å². The first-order valence-electron chi connectivity index (χ1n) is 9.23. The standard InChI is InChI=1S/C19H31FN4.HI/c1-3-13-24-14-10-18(11-15-24)23-19(21-4-2)22-12-9-16-5-7-17(20)8-6-16;/h5-8,18H,3-4,9-15H2,1-2H3,(H2,21,22,23);1H. The summed E-state index contributed by atoms with van der Waals surface area (Å²) in [5.74, 6) is 0.709. The molecular formula is C19H32FIN4. The van der Waals surface area contributed by atoms with Crippen molar-refractivity contribution in [2.45, 2.75) is 45.6 Å². The first-order chi connectivity index (χ1) is 11.7. The Balaban J connectivity index is 0.00000312. The van der Waals surface area contributed by atoms with Crippen LogP contribution in [-0.2, 0) is 6.42 Å². The molecule has 1 heterocycles. The first-order valence-corrected chi connectivity index (χ1v) is 9.23. The maximum absolute atomic E-state index is 12.9. The molecule has 1 aliphatic rings. The maximum Gasteiger partial charge on any atom is 0.191 e. The highest BCUT2D eigenvalue weighted by atomic mass is 127. The second-order valence-electron chi connectivity index (χ2n) is 6.40. The molecule has 0 radical (unpaired) electrons. The van der Waals surface area contributed by atoms with Gasteiger partial charge < -0.3 is 15.5 Å². The van der Waals surface area contributed by atoms with Crippen LogP contribution >= 0.6 is 24.0 Å². The fraction of sp³-hybridized carbons (Fsp3) is 0.632. The van der Waals surface area contributed by atoms with E-state index < -0.39 is 0 Å². The zero-order valence-corrected chi connectivity index (χ0v) is 17.8. The van der Waals surface area contributed by atoms with E-state index in [0.29, 0.717) is 12.6 Å². The highest BCUT2D eigenvalue weighted by Gasteiger charge is 2.19. The lowest BCUT2D eigenvalue weighted by Gasteiger charge is -2.32. The van der Waals surface area contributed by atoms with Crippen LogP contribution in [0.2, 0.25) is 0 Å². The number of likely N-dealkylation sites (tertiary alicyclic amines) is 1. The number of hydrogen-bond acceptors (Lipinski definition) is 2. The van der Waals surface area contributed by atoms with Gasteiger partial charge in [0.05, 0.1) is 0 Å². The zero-order chi connectivity index (χ0) is 17.2. The molecule has 0 saturated carbocycles. The second kappa shape index (κ2) is 12.5.